The number of nitrogens with one attached hydrogen (secondary N) is 2. The normalized spacial score (nSPS) is 16.4. The van der Waals surface area contributed by atoms with Gasteiger partial charge in [-0.05, 0) is 30.1 Å². The molecule has 1 saturated heterocycles. The molecule has 0 bridgehead atoms. The second-order valence-corrected chi connectivity index (χ2v) is 7.80. The Labute approximate surface area is 170 Å². The van der Waals surface area contributed by atoms with E-state index in [-0.39, 0.29) is 6.03 Å². The Balaban J connectivity index is 1.75. The molecule has 0 spiro atoms. The van der Waals surface area contributed by atoms with Crippen LogP contribution in [0.4, 0.5) is 4.79 Å². The zero-order chi connectivity index (χ0) is 20.4. The number of benzene rings is 1. The van der Waals surface area contributed by atoms with Gasteiger partial charge in [-0.3, -0.25) is 9.80 Å². The lowest BCUT2D eigenvalue weighted by molar-refractivity contribution is 0.00719. The quantitative estimate of drug-likeness (QED) is 0.645. The van der Waals surface area contributed by atoms with Crippen LogP contribution in [0.3, 0.4) is 0 Å². The molecule has 0 aliphatic carbocycles. The number of ether oxygens (including phenoxy) is 1. The lowest BCUT2D eigenvalue weighted by Crippen LogP contribution is -2.52. The van der Waals surface area contributed by atoms with Crippen molar-refractivity contribution in [1.82, 2.24) is 20.4 Å². The summed E-state index contributed by atoms with van der Waals surface area (Å²) in [5, 5.41) is 6.02. The number of hydrogen-bond donors (Lipinski definition) is 2. The first-order valence-corrected chi connectivity index (χ1v) is 10.7. The molecule has 6 nitrogen and oxygen atoms in total. The maximum absolute atomic E-state index is 12.2. The summed E-state index contributed by atoms with van der Waals surface area (Å²) in [6.45, 7) is 16.5. The minimum absolute atomic E-state index is 0.105. The second-order valence-electron chi connectivity index (χ2n) is 7.80. The smallest absolute Gasteiger partial charge is 0.315 e. The number of nitrogens with zero attached hydrogens (tertiary/aromatic N) is 2. The van der Waals surface area contributed by atoms with Crippen molar-refractivity contribution in [2.24, 2.45) is 5.92 Å². The first-order chi connectivity index (χ1) is 13.5. The van der Waals surface area contributed by atoms with Gasteiger partial charge in [0.25, 0.3) is 0 Å². The van der Waals surface area contributed by atoms with Crippen LogP contribution in [0.5, 0.6) is 0 Å². The molecule has 0 radical (unpaired) electrons. The molecule has 1 unspecified atom stereocenters. The highest BCUT2D eigenvalue weighted by Gasteiger charge is 2.24. The van der Waals surface area contributed by atoms with E-state index in [2.05, 4.69) is 72.4 Å². The van der Waals surface area contributed by atoms with E-state index in [1.165, 1.54) is 5.56 Å². The Morgan fingerprint density at radius 1 is 1.07 bits per heavy atom. The third kappa shape index (κ3) is 7.41. The number of carbonyl (C=O) groups excluding carboxylic acids is 1. The maximum atomic E-state index is 12.2. The summed E-state index contributed by atoms with van der Waals surface area (Å²) in [5.41, 5.74) is 2.43. The van der Waals surface area contributed by atoms with Crippen LogP contribution in [0.25, 0.3) is 0 Å². The maximum Gasteiger partial charge on any atom is 0.315 e. The van der Waals surface area contributed by atoms with Gasteiger partial charge in [-0.1, -0.05) is 52.0 Å². The summed E-state index contributed by atoms with van der Waals surface area (Å²) < 4.78 is 5.44. The van der Waals surface area contributed by atoms with Crippen molar-refractivity contribution in [3.8, 4) is 0 Å². The SMILES string of the molecule is CCN(CC)Cc1ccc(CNC(=O)NCC(C(C)C)N2CCOCC2)cc1. The summed E-state index contributed by atoms with van der Waals surface area (Å²) in [4.78, 5) is 17.1. The largest absolute Gasteiger partial charge is 0.379 e. The zero-order valence-corrected chi connectivity index (χ0v) is 18.0. The Bertz CT molecular complexity index is 566. The molecule has 1 aromatic carbocycles. The van der Waals surface area contributed by atoms with Crippen LogP contribution in [-0.4, -0.2) is 67.8 Å². The van der Waals surface area contributed by atoms with E-state index in [0.717, 1.165) is 51.5 Å². The highest BCUT2D eigenvalue weighted by Crippen LogP contribution is 2.12. The molecule has 1 aliphatic heterocycles. The lowest BCUT2D eigenvalue weighted by Gasteiger charge is -2.36. The summed E-state index contributed by atoms with van der Waals surface area (Å²) in [7, 11) is 0. The first kappa shape index (κ1) is 22.7. The fraction of sp³-hybridized carbons (Fsp3) is 0.682. The van der Waals surface area contributed by atoms with Gasteiger partial charge in [-0.2, -0.15) is 0 Å². The average Bonchev–Trinajstić information content (AvgIpc) is 2.72. The van der Waals surface area contributed by atoms with Crippen LogP contribution in [-0.2, 0) is 17.8 Å². The number of rotatable bonds is 10. The zero-order valence-electron chi connectivity index (χ0n) is 18.0. The van der Waals surface area contributed by atoms with Crippen molar-refractivity contribution in [2.45, 2.75) is 46.8 Å². The molecule has 2 amide bonds. The van der Waals surface area contributed by atoms with Crippen molar-refractivity contribution in [2.75, 3.05) is 45.9 Å². The van der Waals surface area contributed by atoms with Crippen molar-refractivity contribution >= 4 is 6.03 Å². The van der Waals surface area contributed by atoms with E-state index in [9.17, 15) is 4.79 Å². The van der Waals surface area contributed by atoms with E-state index in [1.807, 2.05) is 0 Å². The average molecular weight is 391 g/mol. The molecule has 158 valence electrons. The van der Waals surface area contributed by atoms with Crippen molar-refractivity contribution < 1.29 is 9.53 Å². The van der Waals surface area contributed by atoms with Crippen molar-refractivity contribution in [3.63, 3.8) is 0 Å². The van der Waals surface area contributed by atoms with Gasteiger partial charge in [0.2, 0.25) is 0 Å². The minimum atomic E-state index is -0.105. The van der Waals surface area contributed by atoms with Crippen LogP contribution in [0.15, 0.2) is 24.3 Å². The third-order valence-corrected chi connectivity index (χ3v) is 5.53. The van der Waals surface area contributed by atoms with Gasteiger partial charge in [0, 0.05) is 38.8 Å². The summed E-state index contributed by atoms with van der Waals surface area (Å²) in [6.07, 6.45) is 0. The van der Waals surface area contributed by atoms with Crippen LogP contribution >= 0.6 is 0 Å². The molecule has 0 aromatic heterocycles. The molecule has 28 heavy (non-hydrogen) atoms. The Kier molecular flexibility index (Phi) is 9.75. The standard InChI is InChI=1S/C22H38N4O2/c1-5-25(6-2)17-20-9-7-19(8-10-20)15-23-22(27)24-16-21(18(3)4)26-11-13-28-14-12-26/h7-10,18,21H,5-6,11-17H2,1-4H3,(H2,23,24,27). The van der Waals surface area contributed by atoms with Crippen LogP contribution in [0, 0.1) is 5.92 Å². The topological polar surface area (TPSA) is 56.8 Å². The highest BCUT2D eigenvalue weighted by molar-refractivity contribution is 5.73. The molecule has 0 saturated carbocycles. The molecule has 2 N–H and O–H groups in total. The number of hydrogen-bond acceptors (Lipinski definition) is 4. The van der Waals surface area contributed by atoms with Gasteiger partial charge in [0.15, 0.2) is 0 Å². The van der Waals surface area contributed by atoms with E-state index in [0.29, 0.717) is 25.0 Å². The molecule has 6 heteroatoms. The molecule has 2 rings (SSSR count). The van der Waals surface area contributed by atoms with Crippen LogP contribution < -0.4 is 10.6 Å². The molecule has 1 fully saturated rings. The van der Waals surface area contributed by atoms with Crippen molar-refractivity contribution in [3.05, 3.63) is 35.4 Å². The number of urea groups is 1. The van der Waals surface area contributed by atoms with E-state index in [1.54, 1.807) is 0 Å². The van der Waals surface area contributed by atoms with Gasteiger partial charge >= 0.3 is 6.03 Å². The number of morpholine rings is 1. The molecule has 1 aliphatic rings. The van der Waals surface area contributed by atoms with Crippen molar-refractivity contribution in [1.29, 1.82) is 0 Å². The summed E-state index contributed by atoms with van der Waals surface area (Å²) >= 11 is 0. The lowest BCUT2D eigenvalue weighted by atomic mass is 10.0. The van der Waals surface area contributed by atoms with Gasteiger partial charge in [-0.15, -0.1) is 0 Å². The number of amides is 2. The summed E-state index contributed by atoms with van der Waals surface area (Å²) in [6, 6.07) is 8.74. The number of carbonyl (C=O) groups is 1. The molecule has 1 heterocycles. The fourth-order valence-corrected chi connectivity index (χ4v) is 3.61. The summed E-state index contributed by atoms with van der Waals surface area (Å²) in [5.74, 6) is 0.483. The highest BCUT2D eigenvalue weighted by atomic mass is 16.5. The predicted molar refractivity (Wildman–Crippen MR) is 114 cm³/mol. The first-order valence-electron chi connectivity index (χ1n) is 10.7. The minimum Gasteiger partial charge on any atom is -0.379 e. The predicted octanol–water partition coefficient (Wildman–Crippen LogP) is 2.68. The molecular weight excluding hydrogens is 352 g/mol. The molecule has 1 aromatic rings. The van der Waals surface area contributed by atoms with Crippen LogP contribution in [0.2, 0.25) is 0 Å². The van der Waals surface area contributed by atoms with Gasteiger partial charge in [-0.25, -0.2) is 4.79 Å². The third-order valence-electron chi connectivity index (χ3n) is 5.53. The van der Waals surface area contributed by atoms with Crippen LogP contribution in [0.1, 0.15) is 38.8 Å². The van der Waals surface area contributed by atoms with E-state index >= 15 is 0 Å². The van der Waals surface area contributed by atoms with E-state index in [4.69, 9.17) is 4.74 Å². The van der Waals surface area contributed by atoms with Gasteiger partial charge in [0.05, 0.1) is 13.2 Å². The molecule has 1 atom stereocenters. The Morgan fingerprint density at radius 2 is 1.68 bits per heavy atom. The fourth-order valence-electron chi connectivity index (χ4n) is 3.61. The Hall–Kier alpha value is -1.63. The van der Waals surface area contributed by atoms with E-state index < -0.39 is 0 Å². The second kappa shape index (κ2) is 12.0. The van der Waals surface area contributed by atoms with Gasteiger partial charge in [0.1, 0.15) is 0 Å². The molecular formula is C22H38N4O2. The monoisotopic (exact) mass is 390 g/mol. The van der Waals surface area contributed by atoms with Gasteiger partial charge < -0.3 is 15.4 Å². The Morgan fingerprint density at radius 3 is 2.25 bits per heavy atom.